The van der Waals surface area contributed by atoms with Gasteiger partial charge in [0.05, 0.1) is 28.5 Å². The first kappa shape index (κ1) is 20.0. The van der Waals surface area contributed by atoms with E-state index in [1.165, 1.54) is 28.0 Å². The average Bonchev–Trinajstić information content (AvgIpc) is 3.04. The first-order chi connectivity index (χ1) is 14.5. The van der Waals surface area contributed by atoms with Gasteiger partial charge in [0, 0.05) is 5.56 Å². The summed E-state index contributed by atoms with van der Waals surface area (Å²) in [4.78, 5) is 31.0. The Morgan fingerprint density at radius 1 is 1.20 bits per heavy atom. The molecule has 0 N–H and O–H groups in total. The summed E-state index contributed by atoms with van der Waals surface area (Å²) in [5.41, 5.74) is 1.59. The van der Waals surface area contributed by atoms with Crippen molar-refractivity contribution in [1.29, 1.82) is 0 Å². The van der Waals surface area contributed by atoms with Gasteiger partial charge in [-0.25, -0.2) is 14.2 Å². The second-order valence-corrected chi connectivity index (χ2v) is 7.74. The average molecular weight is 422 g/mol. The summed E-state index contributed by atoms with van der Waals surface area (Å²) in [5, 5.41) is 0. The molecule has 0 aliphatic carbocycles. The minimum Gasteiger partial charge on any atom is -0.463 e. The van der Waals surface area contributed by atoms with Gasteiger partial charge in [0.25, 0.3) is 5.56 Å². The van der Waals surface area contributed by atoms with Crippen LogP contribution < -0.4 is 14.9 Å². The van der Waals surface area contributed by atoms with Gasteiger partial charge in [0.2, 0.25) is 0 Å². The number of aromatic nitrogens is 1. The van der Waals surface area contributed by atoms with Crippen LogP contribution in [0, 0.1) is 5.82 Å². The fourth-order valence-electron chi connectivity index (χ4n) is 3.48. The third-order valence-corrected chi connectivity index (χ3v) is 5.81. The van der Waals surface area contributed by atoms with E-state index in [4.69, 9.17) is 4.74 Å². The molecule has 0 bridgehead atoms. The highest BCUT2D eigenvalue weighted by molar-refractivity contribution is 7.07. The maximum atomic E-state index is 14.1. The van der Waals surface area contributed by atoms with E-state index in [9.17, 15) is 14.0 Å². The molecule has 1 atom stereocenters. The van der Waals surface area contributed by atoms with Crippen LogP contribution in [0.5, 0.6) is 0 Å². The standard InChI is InChI=1S/C23H19FN2O3S/c1-3-29-22(28)19-14(2)25-23-26(20(19)15-9-5-4-6-10-15)21(27)18(30-23)13-16-11-7-8-12-17(16)24/h4-13,20H,3H2,1-2H3. The Bertz CT molecular complexity index is 1320. The van der Waals surface area contributed by atoms with Crippen molar-refractivity contribution in [3.8, 4) is 0 Å². The largest absolute Gasteiger partial charge is 0.463 e. The molecule has 0 radical (unpaired) electrons. The zero-order chi connectivity index (χ0) is 21.3. The number of fused-ring (bicyclic) bond motifs is 1. The quantitative estimate of drug-likeness (QED) is 0.608. The molecule has 30 heavy (non-hydrogen) atoms. The Morgan fingerprint density at radius 3 is 2.60 bits per heavy atom. The van der Waals surface area contributed by atoms with E-state index in [2.05, 4.69) is 4.99 Å². The normalized spacial score (nSPS) is 16.2. The fourth-order valence-corrected chi connectivity index (χ4v) is 4.51. The van der Waals surface area contributed by atoms with Crippen LogP contribution >= 0.6 is 11.3 Å². The van der Waals surface area contributed by atoms with Gasteiger partial charge in [-0.3, -0.25) is 9.36 Å². The van der Waals surface area contributed by atoms with Crippen molar-refractivity contribution in [3.63, 3.8) is 0 Å². The van der Waals surface area contributed by atoms with Crippen molar-refractivity contribution < 1.29 is 13.9 Å². The number of allylic oxidation sites excluding steroid dienone is 1. The second kappa shape index (κ2) is 8.20. The molecular formula is C23H19FN2O3S. The Hall–Kier alpha value is -3.32. The fraction of sp³-hybridized carbons (Fsp3) is 0.174. The Morgan fingerprint density at radius 2 is 1.90 bits per heavy atom. The molecule has 0 fully saturated rings. The van der Waals surface area contributed by atoms with Gasteiger partial charge >= 0.3 is 5.97 Å². The van der Waals surface area contributed by atoms with Gasteiger partial charge in [-0.2, -0.15) is 0 Å². The molecule has 1 unspecified atom stereocenters. The van der Waals surface area contributed by atoms with Crippen LogP contribution in [-0.2, 0) is 9.53 Å². The maximum Gasteiger partial charge on any atom is 0.338 e. The first-order valence-electron chi connectivity index (χ1n) is 9.50. The zero-order valence-electron chi connectivity index (χ0n) is 16.5. The van der Waals surface area contributed by atoms with Crippen LogP contribution in [0.2, 0.25) is 0 Å². The monoisotopic (exact) mass is 422 g/mol. The van der Waals surface area contributed by atoms with E-state index < -0.39 is 17.8 Å². The Kier molecular flexibility index (Phi) is 5.46. The summed E-state index contributed by atoms with van der Waals surface area (Å²) in [6.45, 7) is 3.68. The van der Waals surface area contributed by atoms with Crippen molar-refractivity contribution in [2.45, 2.75) is 19.9 Å². The summed E-state index contributed by atoms with van der Waals surface area (Å²) < 4.78 is 21.2. The minimum atomic E-state index is -0.663. The van der Waals surface area contributed by atoms with Crippen LogP contribution in [0.25, 0.3) is 6.08 Å². The van der Waals surface area contributed by atoms with Gasteiger partial charge in [-0.05, 0) is 31.6 Å². The summed E-state index contributed by atoms with van der Waals surface area (Å²) in [5.74, 6) is -0.915. The molecular weight excluding hydrogens is 403 g/mol. The Balaban J connectivity index is 1.97. The predicted octanol–water partition coefficient (Wildman–Crippen LogP) is 2.94. The molecule has 0 saturated carbocycles. The van der Waals surface area contributed by atoms with Gasteiger partial charge in [-0.1, -0.05) is 59.9 Å². The zero-order valence-corrected chi connectivity index (χ0v) is 17.3. The molecule has 3 aromatic rings. The predicted molar refractivity (Wildman–Crippen MR) is 113 cm³/mol. The van der Waals surface area contributed by atoms with Gasteiger partial charge in [0.15, 0.2) is 4.80 Å². The third-order valence-electron chi connectivity index (χ3n) is 4.82. The van der Waals surface area contributed by atoms with E-state index in [1.807, 2.05) is 30.3 Å². The maximum absolute atomic E-state index is 14.1. The summed E-state index contributed by atoms with van der Waals surface area (Å²) >= 11 is 1.17. The SMILES string of the molecule is CCOC(=O)C1=C(C)N=c2sc(=Cc3ccccc3F)c(=O)n2C1c1ccccc1. The summed E-state index contributed by atoms with van der Waals surface area (Å²) in [6.07, 6.45) is 1.52. The lowest BCUT2D eigenvalue weighted by molar-refractivity contribution is -0.139. The second-order valence-electron chi connectivity index (χ2n) is 6.73. The molecule has 4 rings (SSSR count). The van der Waals surface area contributed by atoms with Gasteiger partial charge in [-0.15, -0.1) is 0 Å². The number of esters is 1. The lowest BCUT2D eigenvalue weighted by atomic mass is 9.96. The highest BCUT2D eigenvalue weighted by Crippen LogP contribution is 2.30. The first-order valence-corrected chi connectivity index (χ1v) is 10.3. The molecule has 5 nitrogen and oxygen atoms in total. The number of halogens is 1. The Labute approximate surface area is 176 Å². The van der Waals surface area contributed by atoms with Gasteiger partial charge in [0.1, 0.15) is 5.82 Å². The molecule has 0 amide bonds. The van der Waals surface area contributed by atoms with Crippen molar-refractivity contribution in [1.82, 2.24) is 4.57 Å². The van der Waals surface area contributed by atoms with Crippen molar-refractivity contribution in [3.05, 3.63) is 102 Å². The number of carbonyl (C=O) groups excluding carboxylic acids is 1. The van der Waals surface area contributed by atoms with Crippen molar-refractivity contribution in [2.75, 3.05) is 6.61 Å². The highest BCUT2D eigenvalue weighted by Gasteiger charge is 2.33. The van der Waals surface area contributed by atoms with E-state index in [0.717, 1.165) is 5.56 Å². The van der Waals surface area contributed by atoms with E-state index >= 15 is 0 Å². The number of hydrogen-bond acceptors (Lipinski definition) is 5. The smallest absolute Gasteiger partial charge is 0.338 e. The van der Waals surface area contributed by atoms with Crippen LogP contribution in [0.3, 0.4) is 0 Å². The number of hydrogen-bond donors (Lipinski definition) is 0. The molecule has 152 valence electrons. The number of benzene rings is 2. The lowest BCUT2D eigenvalue weighted by Crippen LogP contribution is -2.39. The number of rotatable bonds is 4. The summed E-state index contributed by atoms with van der Waals surface area (Å²) in [7, 11) is 0. The molecule has 0 spiro atoms. The van der Waals surface area contributed by atoms with E-state index in [1.54, 1.807) is 32.0 Å². The number of carbonyl (C=O) groups is 1. The van der Waals surface area contributed by atoms with E-state index in [0.29, 0.717) is 26.2 Å². The van der Waals surface area contributed by atoms with Crippen molar-refractivity contribution >= 4 is 23.4 Å². The molecule has 1 aliphatic rings. The molecule has 2 aromatic carbocycles. The van der Waals surface area contributed by atoms with Crippen molar-refractivity contribution in [2.24, 2.45) is 4.99 Å². The molecule has 1 aliphatic heterocycles. The topological polar surface area (TPSA) is 60.7 Å². The van der Waals surface area contributed by atoms with Crippen LogP contribution in [-0.4, -0.2) is 17.1 Å². The highest BCUT2D eigenvalue weighted by atomic mass is 32.1. The van der Waals surface area contributed by atoms with Crippen LogP contribution in [0.15, 0.2) is 75.7 Å². The molecule has 7 heteroatoms. The number of thiazole rings is 1. The van der Waals surface area contributed by atoms with Crippen LogP contribution in [0.1, 0.15) is 31.0 Å². The van der Waals surface area contributed by atoms with E-state index in [-0.39, 0.29) is 12.2 Å². The van der Waals surface area contributed by atoms with Gasteiger partial charge < -0.3 is 4.74 Å². The summed E-state index contributed by atoms with van der Waals surface area (Å²) in [6, 6.07) is 14.9. The molecule has 0 saturated heterocycles. The van der Waals surface area contributed by atoms with Crippen LogP contribution in [0.4, 0.5) is 4.39 Å². The lowest BCUT2D eigenvalue weighted by Gasteiger charge is -2.24. The molecule has 1 aromatic heterocycles. The molecule has 2 heterocycles. The number of ether oxygens (including phenoxy) is 1. The number of nitrogens with zero attached hydrogens (tertiary/aromatic N) is 2. The third kappa shape index (κ3) is 3.52. The minimum absolute atomic E-state index is 0.217.